The second-order valence-electron chi connectivity index (χ2n) is 5.67. The standard InChI is InChI=1S/C19H19NO3S/c1-14(21)15-4-6-17(7-5-15)23-13-19(22)20-10-8-16(9-11-20)18-3-2-12-24-18/h2-8,12H,9-11,13H2,1H3. The molecule has 1 aliphatic heterocycles. The van der Waals surface area contributed by atoms with E-state index in [0.717, 1.165) is 13.0 Å². The van der Waals surface area contributed by atoms with Crippen LogP contribution in [-0.4, -0.2) is 36.3 Å². The highest BCUT2D eigenvalue weighted by atomic mass is 32.1. The third kappa shape index (κ3) is 3.92. The first kappa shape index (κ1) is 16.5. The topological polar surface area (TPSA) is 46.6 Å². The summed E-state index contributed by atoms with van der Waals surface area (Å²) in [4.78, 5) is 26.6. The summed E-state index contributed by atoms with van der Waals surface area (Å²) in [6.07, 6.45) is 2.99. The molecule has 4 nitrogen and oxygen atoms in total. The van der Waals surface area contributed by atoms with Crippen LogP contribution in [0.3, 0.4) is 0 Å². The fourth-order valence-corrected chi connectivity index (χ4v) is 3.40. The molecule has 0 N–H and O–H groups in total. The molecule has 1 amide bonds. The normalized spacial score (nSPS) is 14.2. The van der Waals surface area contributed by atoms with Gasteiger partial charge < -0.3 is 9.64 Å². The van der Waals surface area contributed by atoms with E-state index in [0.29, 0.717) is 17.9 Å². The number of thiophene rings is 1. The number of ketones is 1. The zero-order valence-corrected chi connectivity index (χ0v) is 14.3. The summed E-state index contributed by atoms with van der Waals surface area (Å²) >= 11 is 1.73. The maximum Gasteiger partial charge on any atom is 0.260 e. The molecule has 0 atom stereocenters. The van der Waals surface area contributed by atoms with E-state index in [9.17, 15) is 9.59 Å². The van der Waals surface area contributed by atoms with Crippen molar-refractivity contribution in [2.24, 2.45) is 0 Å². The molecule has 1 aromatic carbocycles. The molecule has 1 aliphatic rings. The first-order chi connectivity index (χ1) is 11.6. The molecular weight excluding hydrogens is 322 g/mol. The van der Waals surface area contributed by atoms with Crippen molar-refractivity contribution in [3.8, 4) is 5.75 Å². The monoisotopic (exact) mass is 341 g/mol. The van der Waals surface area contributed by atoms with E-state index >= 15 is 0 Å². The molecule has 3 rings (SSSR count). The fourth-order valence-electron chi connectivity index (χ4n) is 2.60. The van der Waals surface area contributed by atoms with Crippen LogP contribution in [0, 0.1) is 0 Å². The van der Waals surface area contributed by atoms with E-state index in [1.54, 1.807) is 40.5 Å². The van der Waals surface area contributed by atoms with E-state index in [1.807, 2.05) is 6.07 Å². The molecule has 0 saturated carbocycles. The average molecular weight is 341 g/mol. The van der Waals surface area contributed by atoms with Crippen molar-refractivity contribution in [2.75, 3.05) is 19.7 Å². The Morgan fingerprint density at radius 1 is 1.21 bits per heavy atom. The van der Waals surface area contributed by atoms with Crippen molar-refractivity contribution >= 4 is 28.6 Å². The number of amides is 1. The first-order valence-electron chi connectivity index (χ1n) is 7.88. The van der Waals surface area contributed by atoms with Gasteiger partial charge in [-0.05, 0) is 54.6 Å². The van der Waals surface area contributed by atoms with E-state index in [-0.39, 0.29) is 18.3 Å². The minimum absolute atomic E-state index is 0.0132. The molecule has 1 aromatic heterocycles. The molecule has 2 aromatic rings. The van der Waals surface area contributed by atoms with Gasteiger partial charge in [0.25, 0.3) is 5.91 Å². The maximum atomic E-state index is 12.3. The highest BCUT2D eigenvalue weighted by Crippen LogP contribution is 2.26. The van der Waals surface area contributed by atoms with Gasteiger partial charge in [0, 0.05) is 23.5 Å². The minimum atomic E-state index is -0.0212. The zero-order chi connectivity index (χ0) is 16.9. The highest BCUT2D eigenvalue weighted by molar-refractivity contribution is 7.11. The number of benzene rings is 1. The van der Waals surface area contributed by atoms with Crippen LogP contribution in [0.5, 0.6) is 5.75 Å². The Morgan fingerprint density at radius 3 is 2.58 bits per heavy atom. The number of Topliss-reactive ketones (excluding diaryl/α,β-unsaturated/α-hetero) is 1. The third-order valence-electron chi connectivity index (χ3n) is 4.02. The van der Waals surface area contributed by atoms with Crippen molar-refractivity contribution in [1.29, 1.82) is 0 Å². The lowest BCUT2D eigenvalue weighted by Crippen LogP contribution is -2.37. The predicted molar refractivity (Wildman–Crippen MR) is 95.4 cm³/mol. The molecule has 0 radical (unpaired) electrons. The Bertz CT molecular complexity index is 747. The van der Waals surface area contributed by atoms with Gasteiger partial charge in [-0.1, -0.05) is 12.1 Å². The molecule has 0 fully saturated rings. The van der Waals surface area contributed by atoms with Gasteiger partial charge in [-0.3, -0.25) is 9.59 Å². The number of carbonyl (C=O) groups excluding carboxylic acids is 2. The van der Waals surface area contributed by atoms with E-state index in [1.165, 1.54) is 17.4 Å². The van der Waals surface area contributed by atoms with Crippen LogP contribution < -0.4 is 4.74 Å². The van der Waals surface area contributed by atoms with Gasteiger partial charge in [-0.25, -0.2) is 0 Å². The minimum Gasteiger partial charge on any atom is -0.484 e. The van der Waals surface area contributed by atoms with Crippen LogP contribution in [0.15, 0.2) is 47.9 Å². The number of carbonyl (C=O) groups is 2. The van der Waals surface area contributed by atoms with Crippen molar-refractivity contribution in [1.82, 2.24) is 4.90 Å². The largest absolute Gasteiger partial charge is 0.484 e. The second kappa shape index (κ2) is 7.45. The molecule has 5 heteroatoms. The van der Waals surface area contributed by atoms with Crippen LogP contribution >= 0.6 is 11.3 Å². The number of nitrogens with zero attached hydrogens (tertiary/aromatic N) is 1. The predicted octanol–water partition coefficient (Wildman–Crippen LogP) is 3.65. The average Bonchev–Trinajstić information content (AvgIpc) is 3.15. The first-order valence-corrected chi connectivity index (χ1v) is 8.76. The molecule has 0 spiro atoms. The second-order valence-corrected chi connectivity index (χ2v) is 6.61. The molecule has 0 unspecified atom stereocenters. The van der Waals surface area contributed by atoms with Gasteiger partial charge in [0.1, 0.15) is 5.75 Å². The molecule has 2 heterocycles. The molecule has 24 heavy (non-hydrogen) atoms. The number of rotatable bonds is 5. The van der Waals surface area contributed by atoms with Gasteiger partial charge in [0.2, 0.25) is 0 Å². The van der Waals surface area contributed by atoms with Crippen LogP contribution in [0.1, 0.15) is 28.6 Å². The Labute approximate surface area is 145 Å². The van der Waals surface area contributed by atoms with E-state index in [4.69, 9.17) is 4.74 Å². The summed E-state index contributed by atoms with van der Waals surface area (Å²) in [5.74, 6) is 0.589. The quantitative estimate of drug-likeness (QED) is 0.780. The van der Waals surface area contributed by atoms with E-state index in [2.05, 4.69) is 17.5 Å². The number of ether oxygens (including phenoxy) is 1. The summed E-state index contributed by atoms with van der Waals surface area (Å²) < 4.78 is 5.53. The molecule has 124 valence electrons. The lowest BCUT2D eigenvalue weighted by Gasteiger charge is -2.26. The lowest BCUT2D eigenvalue weighted by molar-refractivity contribution is -0.132. The van der Waals surface area contributed by atoms with Gasteiger partial charge in [-0.2, -0.15) is 0 Å². The lowest BCUT2D eigenvalue weighted by atomic mass is 10.1. The SMILES string of the molecule is CC(=O)c1ccc(OCC(=O)N2CC=C(c3cccs3)CC2)cc1. The van der Waals surface area contributed by atoms with Crippen LogP contribution in [-0.2, 0) is 4.79 Å². The Balaban J connectivity index is 1.52. The van der Waals surface area contributed by atoms with Crippen LogP contribution in [0.2, 0.25) is 0 Å². The highest BCUT2D eigenvalue weighted by Gasteiger charge is 2.18. The van der Waals surface area contributed by atoms with E-state index < -0.39 is 0 Å². The van der Waals surface area contributed by atoms with Crippen LogP contribution in [0.25, 0.3) is 5.57 Å². The van der Waals surface area contributed by atoms with Crippen molar-refractivity contribution in [3.05, 3.63) is 58.3 Å². The number of hydrogen-bond acceptors (Lipinski definition) is 4. The summed E-state index contributed by atoms with van der Waals surface area (Å²) in [7, 11) is 0. The third-order valence-corrected chi connectivity index (χ3v) is 4.97. The Kier molecular flexibility index (Phi) is 5.11. The van der Waals surface area contributed by atoms with Gasteiger partial charge in [-0.15, -0.1) is 11.3 Å². The maximum absolute atomic E-state index is 12.3. The van der Waals surface area contributed by atoms with Gasteiger partial charge >= 0.3 is 0 Å². The number of hydrogen-bond donors (Lipinski definition) is 0. The molecule has 0 bridgehead atoms. The molecular formula is C19H19NO3S. The molecule has 0 saturated heterocycles. The summed E-state index contributed by atoms with van der Waals surface area (Å²) in [6.45, 7) is 2.88. The van der Waals surface area contributed by atoms with Crippen molar-refractivity contribution in [3.63, 3.8) is 0 Å². The van der Waals surface area contributed by atoms with Crippen molar-refractivity contribution in [2.45, 2.75) is 13.3 Å². The smallest absolute Gasteiger partial charge is 0.260 e. The summed E-state index contributed by atoms with van der Waals surface area (Å²) in [5.41, 5.74) is 1.95. The van der Waals surface area contributed by atoms with Gasteiger partial charge in [0.05, 0.1) is 0 Å². The summed E-state index contributed by atoms with van der Waals surface area (Å²) in [5, 5.41) is 2.07. The Morgan fingerprint density at radius 2 is 2.00 bits per heavy atom. The molecule has 0 aliphatic carbocycles. The van der Waals surface area contributed by atoms with Crippen LogP contribution in [0.4, 0.5) is 0 Å². The Hall–Kier alpha value is -2.40. The summed E-state index contributed by atoms with van der Waals surface area (Å²) in [6, 6.07) is 11.0. The van der Waals surface area contributed by atoms with Gasteiger partial charge in [0.15, 0.2) is 12.4 Å². The zero-order valence-electron chi connectivity index (χ0n) is 13.5. The van der Waals surface area contributed by atoms with Crippen molar-refractivity contribution < 1.29 is 14.3 Å². The fraction of sp³-hybridized carbons (Fsp3) is 0.263.